The van der Waals surface area contributed by atoms with Crippen LogP contribution in [0.2, 0.25) is 0 Å². The molecule has 1 aromatic carbocycles. The van der Waals surface area contributed by atoms with Crippen LogP contribution in [0.5, 0.6) is 0 Å². The zero-order valence-electron chi connectivity index (χ0n) is 10.8. The van der Waals surface area contributed by atoms with E-state index in [1.54, 1.807) is 0 Å². The Morgan fingerprint density at radius 2 is 2.00 bits per heavy atom. The number of nitrogens with one attached hydrogen (secondary N) is 2. The fourth-order valence-corrected chi connectivity index (χ4v) is 2.20. The van der Waals surface area contributed by atoms with Crippen molar-refractivity contribution in [1.29, 1.82) is 0 Å². The Morgan fingerprint density at radius 1 is 1.18 bits per heavy atom. The van der Waals surface area contributed by atoms with Crippen molar-refractivity contribution in [2.75, 3.05) is 6.54 Å². The number of hydrogen-bond donors (Lipinski definition) is 2. The molecule has 0 spiro atoms. The van der Waals surface area contributed by atoms with Crippen molar-refractivity contribution in [1.82, 2.24) is 10.3 Å². The van der Waals surface area contributed by atoms with E-state index in [4.69, 9.17) is 0 Å². The number of benzene rings is 1. The lowest BCUT2D eigenvalue weighted by molar-refractivity contribution is 0.449. The average Bonchev–Trinajstić information content (AvgIpc) is 2.82. The Morgan fingerprint density at radius 3 is 2.76 bits per heavy atom. The van der Waals surface area contributed by atoms with Crippen molar-refractivity contribution in [2.24, 2.45) is 5.92 Å². The SMILES string of the molecule is CCC(CC)CNCc1ccc2cc[nH]c2c1. The summed E-state index contributed by atoms with van der Waals surface area (Å²) in [5.41, 5.74) is 2.58. The van der Waals surface area contributed by atoms with E-state index in [1.807, 2.05) is 6.20 Å². The van der Waals surface area contributed by atoms with E-state index in [0.717, 1.165) is 19.0 Å². The lowest BCUT2D eigenvalue weighted by Gasteiger charge is -2.13. The second kappa shape index (κ2) is 5.87. The molecule has 2 rings (SSSR count). The molecule has 1 aromatic heterocycles. The van der Waals surface area contributed by atoms with Crippen molar-refractivity contribution in [2.45, 2.75) is 33.2 Å². The van der Waals surface area contributed by atoms with Crippen LogP contribution in [0.3, 0.4) is 0 Å². The summed E-state index contributed by atoms with van der Waals surface area (Å²) < 4.78 is 0. The molecule has 0 saturated carbocycles. The molecule has 2 aromatic rings. The van der Waals surface area contributed by atoms with Gasteiger partial charge in [0.25, 0.3) is 0 Å². The first-order valence-corrected chi connectivity index (χ1v) is 6.60. The predicted octanol–water partition coefficient (Wildman–Crippen LogP) is 3.69. The van der Waals surface area contributed by atoms with Gasteiger partial charge in [-0.1, -0.05) is 38.8 Å². The number of aromatic amines is 1. The highest BCUT2D eigenvalue weighted by Crippen LogP contribution is 2.14. The first-order chi connectivity index (χ1) is 8.33. The van der Waals surface area contributed by atoms with Gasteiger partial charge in [0.2, 0.25) is 0 Å². The molecule has 0 radical (unpaired) electrons. The average molecular weight is 230 g/mol. The molecule has 2 heteroatoms. The van der Waals surface area contributed by atoms with Crippen molar-refractivity contribution >= 4 is 10.9 Å². The van der Waals surface area contributed by atoms with Crippen molar-refractivity contribution in [3.8, 4) is 0 Å². The first-order valence-electron chi connectivity index (χ1n) is 6.60. The quantitative estimate of drug-likeness (QED) is 0.778. The molecule has 0 unspecified atom stereocenters. The Kier molecular flexibility index (Phi) is 4.21. The van der Waals surface area contributed by atoms with Gasteiger partial charge in [0.1, 0.15) is 0 Å². The van der Waals surface area contributed by atoms with Crippen molar-refractivity contribution in [3.05, 3.63) is 36.0 Å². The summed E-state index contributed by atoms with van der Waals surface area (Å²) >= 11 is 0. The van der Waals surface area contributed by atoms with E-state index in [9.17, 15) is 0 Å². The maximum atomic E-state index is 3.55. The van der Waals surface area contributed by atoms with Gasteiger partial charge in [0.15, 0.2) is 0 Å². The minimum Gasteiger partial charge on any atom is -0.361 e. The fourth-order valence-electron chi connectivity index (χ4n) is 2.20. The summed E-state index contributed by atoms with van der Waals surface area (Å²) in [5, 5.41) is 4.83. The second-order valence-electron chi connectivity index (χ2n) is 4.71. The van der Waals surface area contributed by atoms with Crippen LogP contribution in [0.15, 0.2) is 30.5 Å². The van der Waals surface area contributed by atoms with Crippen LogP contribution in [0.1, 0.15) is 32.3 Å². The molecular formula is C15H22N2. The van der Waals surface area contributed by atoms with E-state index >= 15 is 0 Å². The number of hydrogen-bond acceptors (Lipinski definition) is 1. The third kappa shape index (κ3) is 3.10. The zero-order chi connectivity index (χ0) is 12.1. The normalized spacial score (nSPS) is 11.5. The third-order valence-electron chi connectivity index (χ3n) is 3.54. The molecule has 92 valence electrons. The minimum absolute atomic E-state index is 0.809. The number of aromatic nitrogens is 1. The van der Waals surface area contributed by atoms with E-state index < -0.39 is 0 Å². The summed E-state index contributed by atoms with van der Waals surface area (Å²) in [6.07, 6.45) is 4.52. The lowest BCUT2D eigenvalue weighted by atomic mass is 10.0. The van der Waals surface area contributed by atoms with Crippen molar-refractivity contribution < 1.29 is 0 Å². The third-order valence-corrected chi connectivity index (χ3v) is 3.54. The summed E-state index contributed by atoms with van der Waals surface area (Å²) in [7, 11) is 0. The standard InChI is InChI=1S/C15H22N2/c1-3-12(4-2)10-16-11-13-5-6-14-7-8-17-15(14)9-13/h5-9,12,16-17H,3-4,10-11H2,1-2H3. The topological polar surface area (TPSA) is 27.8 Å². The molecular weight excluding hydrogens is 208 g/mol. The molecule has 17 heavy (non-hydrogen) atoms. The van der Waals surface area contributed by atoms with Crippen LogP contribution in [-0.2, 0) is 6.54 Å². The van der Waals surface area contributed by atoms with Crippen LogP contribution in [0.25, 0.3) is 10.9 Å². The highest BCUT2D eigenvalue weighted by Gasteiger charge is 2.02. The lowest BCUT2D eigenvalue weighted by Crippen LogP contribution is -2.21. The highest BCUT2D eigenvalue weighted by molar-refractivity contribution is 5.79. The predicted molar refractivity (Wildman–Crippen MR) is 74.1 cm³/mol. The monoisotopic (exact) mass is 230 g/mol. The van der Waals surface area contributed by atoms with Gasteiger partial charge in [-0.15, -0.1) is 0 Å². The van der Waals surface area contributed by atoms with E-state index in [2.05, 4.69) is 48.4 Å². The first kappa shape index (κ1) is 12.2. The largest absolute Gasteiger partial charge is 0.361 e. The van der Waals surface area contributed by atoms with Crippen molar-refractivity contribution in [3.63, 3.8) is 0 Å². The maximum absolute atomic E-state index is 3.55. The maximum Gasteiger partial charge on any atom is 0.0457 e. The Labute approximate surface area is 103 Å². The Bertz CT molecular complexity index is 455. The van der Waals surface area contributed by atoms with E-state index in [0.29, 0.717) is 0 Å². The molecule has 0 atom stereocenters. The summed E-state index contributed by atoms with van der Waals surface area (Å²) in [6, 6.07) is 8.72. The van der Waals surface area contributed by atoms with Crippen LogP contribution >= 0.6 is 0 Å². The van der Waals surface area contributed by atoms with Crippen LogP contribution < -0.4 is 5.32 Å². The molecule has 2 N–H and O–H groups in total. The van der Waals surface area contributed by atoms with Gasteiger partial charge < -0.3 is 10.3 Å². The van der Waals surface area contributed by atoms with Gasteiger partial charge in [0, 0.05) is 18.3 Å². The summed E-state index contributed by atoms with van der Waals surface area (Å²) in [6.45, 7) is 6.61. The van der Waals surface area contributed by atoms with Crippen LogP contribution in [-0.4, -0.2) is 11.5 Å². The Balaban J connectivity index is 1.90. The van der Waals surface area contributed by atoms with Gasteiger partial charge in [-0.3, -0.25) is 0 Å². The van der Waals surface area contributed by atoms with E-state index in [1.165, 1.54) is 29.3 Å². The summed E-state index contributed by atoms with van der Waals surface area (Å²) in [4.78, 5) is 3.25. The Hall–Kier alpha value is -1.28. The fraction of sp³-hybridized carbons (Fsp3) is 0.467. The van der Waals surface area contributed by atoms with Crippen LogP contribution in [0.4, 0.5) is 0 Å². The molecule has 0 aliphatic rings. The van der Waals surface area contributed by atoms with Crippen LogP contribution in [0, 0.1) is 5.92 Å². The van der Waals surface area contributed by atoms with Gasteiger partial charge >= 0.3 is 0 Å². The highest BCUT2D eigenvalue weighted by atomic mass is 14.9. The van der Waals surface area contributed by atoms with Gasteiger partial charge in [0.05, 0.1) is 0 Å². The molecule has 0 aliphatic heterocycles. The zero-order valence-corrected chi connectivity index (χ0v) is 10.8. The minimum atomic E-state index is 0.809. The molecule has 2 nitrogen and oxygen atoms in total. The number of rotatable bonds is 6. The van der Waals surface area contributed by atoms with E-state index in [-0.39, 0.29) is 0 Å². The molecule has 0 saturated heterocycles. The molecule has 1 heterocycles. The number of H-pyrrole nitrogens is 1. The molecule has 0 bridgehead atoms. The molecule has 0 aliphatic carbocycles. The summed E-state index contributed by atoms with van der Waals surface area (Å²) in [5.74, 6) is 0.809. The van der Waals surface area contributed by atoms with Gasteiger partial charge in [-0.2, -0.15) is 0 Å². The second-order valence-corrected chi connectivity index (χ2v) is 4.71. The number of fused-ring (bicyclic) bond motifs is 1. The molecule has 0 fully saturated rings. The van der Waals surface area contributed by atoms with Gasteiger partial charge in [-0.05, 0) is 35.5 Å². The smallest absolute Gasteiger partial charge is 0.0457 e. The molecule has 0 amide bonds. The van der Waals surface area contributed by atoms with Gasteiger partial charge in [-0.25, -0.2) is 0 Å².